The van der Waals surface area contributed by atoms with Crippen LogP contribution < -0.4 is 10.1 Å². The number of methoxy groups -OCH3 is 1. The van der Waals surface area contributed by atoms with Crippen molar-refractivity contribution in [1.29, 1.82) is 0 Å². The molecule has 5 aromatic rings. The number of nitrogens with zero attached hydrogens (tertiary/aromatic N) is 6. The van der Waals surface area contributed by atoms with Crippen LogP contribution in [0.25, 0.3) is 22.5 Å². The Kier molecular flexibility index (Phi) is 5.17. The number of hydrogen-bond donors (Lipinski definition) is 1. The second kappa shape index (κ2) is 8.30. The number of hydrogen-bond acceptors (Lipinski definition) is 6. The molecule has 5 rings (SSSR count). The summed E-state index contributed by atoms with van der Waals surface area (Å²) in [6.45, 7) is 1.74. The molecule has 0 spiro atoms. The monoisotopic (exact) mass is 447 g/mol. The molecule has 0 amide bonds. The smallest absolute Gasteiger partial charge is 0.212 e. The van der Waals surface area contributed by atoms with Gasteiger partial charge in [0.15, 0.2) is 5.65 Å². The number of nitrogens with one attached hydrogen (secondary N) is 1. The molecule has 1 aromatic carbocycles. The molecule has 0 aliphatic rings. The number of ether oxygens (including phenoxy) is 1. The summed E-state index contributed by atoms with van der Waals surface area (Å²) in [5, 5.41) is 11.9. The van der Waals surface area contributed by atoms with Gasteiger partial charge in [-0.2, -0.15) is 10.2 Å². The first-order chi connectivity index (χ1) is 16.0. The molecular formula is C23H19F2N7O. The van der Waals surface area contributed by atoms with Crippen LogP contribution in [-0.2, 0) is 0 Å². The molecule has 4 aromatic heterocycles. The fraction of sp³-hybridized carbons (Fsp3) is 0.130. The van der Waals surface area contributed by atoms with Gasteiger partial charge >= 0.3 is 0 Å². The third kappa shape index (κ3) is 3.98. The Hall–Kier alpha value is -4.34. The van der Waals surface area contributed by atoms with Crippen molar-refractivity contribution in [3.05, 3.63) is 84.6 Å². The highest BCUT2D eigenvalue weighted by Crippen LogP contribution is 2.25. The normalized spacial score (nSPS) is 12.1. The summed E-state index contributed by atoms with van der Waals surface area (Å²) >= 11 is 0. The second-order valence-corrected chi connectivity index (χ2v) is 7.41. The van der Waals surface area contributed by atoms with E-state index in [1.165, 1.54) is 6.07 Å². The third-order valence-electron chi connectivity index (χ3n) is 5.25. The Balaban J connectivity index is 1.44. The molecule has 33 heavy (non-hydrogen) atoms. The van der Waals surface area contributed by atoms with E-state index in [2.05, 4.69) is 25.5 Å². The van der Waals surface area contributed by atoms with Gasteiger partial charge in [0.25, 0.3) is 0 Å². The van der Waals surface area contributed by atoms with Crippen LogP contribution in [0.15, 0.2) is 67.4 Å². The van der Waals surface area contributed by atoms with Crippen molar-refractivity contribution in [2.24, 2.45) is 0 Å². The maximum absolute atomic E-state index is 14.1. The molecule has 0 bridgehead atoms. The molecule has 0 aliphatic heterocycles. The van der Waals surface area contributed by atoms with Crippen LogP contribution in [0.3, 0.4) is 0 Å². The summed E-state index contributed by atoms with van der Waals surface area (Å²) in [6, 6.07) is 8.28. The van der Waals surface area contributed by atoms with Crippen LogP contribution in [0.5, 0.6) is 5.88 Å². The van der Waals surface area contributed by atoms with Gasteiger partial charge in [-0.3, -0.25) is 0 Å². The molecular weight excluding hydrogens is 428 g/mol. The van der Waals surface area contributed by atoms with Crippen molar-refractivity contribution in [2.45, 2.75) is 13.0 Å². The molecule has 0 fully saturated rings. The number of rotatable bonds is 6. The quantitative estimate of drug-likeness (QED) is 0.415. The summed E-state index contributed by atoms with van der Waals surface area (Å²) < 4.78 is 36.1. The SMILES string of the molecule is COc1ccc(-c2cnn(-c3cnn4ccc(N[C@H](C)c5cc(F)ccc5F)nc34)c2)cn1. The van der Waals surface area contributed by atoms with Crippen molar-refractivity contribution in [2.75, 3.05) is 12.4 Å². The molecule has 8 nitrogen and oxygen atoms in total. The van der Waals surface area contributed by atoms with Crippen LogP contribution in [0.1, 0.15) is 18.5 Å². The van der Waals surface area contributed by atoms with E-state index in [9.17, 15) is 8.78 Å². The van der Waals surface area contributed by atoms with Crippen molar-refractivity contribution in [3.8, 4) is 22.7 Å². The highest BCUT2D eigenvalue weighted by Gasteiger charge is 2.15. The van der Waals surface area contributed by atoms with Crippen LogP contribution >= 0.6 is 0 Å². The average molecular weight is 447 g/mol. The molecule has 1 atom stereocenters. The third-order valence-corrected chi connectivity index (χ3v) is 5.25. The molecule has 10 heteroatoms. The topological polar surface area (TPSA) is 82.2 Å². The Bertz CT molecular complexity index is 1430. The number of fused-ring (bicyclic) bond motifs is 1. The lowest BCUT2D eigenvalue weighted by atomic mass is 10.1. The highest BCUT2D eigenvalue weighted by molar-refractivity contribution is 5.65. The van der Waals surface area contributed by atoms with E-state index < -0.39 is 17.7 Å². The van der Waals surface area contributed by atoms with Crippen LogP contribution in [-0.4, -0.2) is 36.5 Å². The molecule has 0 saturated carbocycles. The highest BCUT2D eigenvalue weighted by atomic mass is 19.1. The molecule has 0 unspecified atom stereocenters. The van der Waals surface area contributed by atoms with E-state index in [-0.39, 0.29) is 5.56 Å². The lowest BCUT2D eigenvalue weighted by Gasteiger charge is -2.16. The van der Waals surface area contributed by atoms with Gasteiger partial charge < -0.3 is 10.1 Å². The van der Waals surface area contributed by atoms with Gasteiger partial charge in [-0.15, -0.1) is 0 Å². The fourth-order valence-corrected chi connectivity index (χ4v) is 3.52. The first-order valence-corrected chi connectivity index (χ1v) is 10.1. The lowest BCUT2D eigenvalue weighted by Crippen LogP contribution is -2.11. The van der Waals surface area contributed by atoms with E-state index in [1.54, 1.807) is 60.2 Å². The van der Waals surface area contributed by atoms with Crippen LogP contribution in [0.2, 0.25) is 0 Å². The number of halogens is 2. The molecule has 4 heterocycles. The van der Waals surface area contributed by atoms with Gasteiger partial charge in [0, 0.05) is 41.3 Å². The van der Waals surface area contributed by atoms with E-state index in [1.807, 2.05) is 12.3 Å². The Morgan fingerprint density at radius 3 is 2.67 bits per heavy atom. The standard InChI is InChI=1S/C23H19F2N7O/c1-14(18-9-17(24)4-5-19(18)25)29-21-7-8-31-23(30-21)20(12-28-31)32-13-16(11-27-32)15-3-6-22(33-2)26-10-15/h3-14H,1-2H3,(H,29,30)/t14-/m1/s1. The Morgan fingerprint density at radius 1 is 1.00 bits per heavy atom. The van der Waals surface area contributed by atoms with Crippen molar-refractivity contribution < 1.29 is 13.5 Å². The maximum atomic E-state index is 14.1. The zero-order chi connectivity index (χ0) is 22.9. The second-order valence-electron chi connectivity index (χ2n) is 7.41. The molecule has 0 saturated heterocycles. The number of benzene rings is 1. The maximum Gasteiger partial charge on any atom is 0.212 e. The van der Waals surface area contributed by atoms with E-state index in [0.717, 1.165) is 23.3 Å². The summed E-state index contributed by atoms with van der Waals surface area (Å²) in [5.41, 5.74) is 3.19. The van der Waals surface area contributed by atoms with Gasteiger partial charge in [0.2, 0.25) is 5.88 Å². The first-order valence-electron chi connectivity index (χ1n) is 10.1. The minimum absolute atomic E-state index is 0.218. The largest absolute Gasteiger partial charge is 0.481 e. The number of pyridine rings is 1. The zero-order valence-corrected chi connectivity index (χ0v) is 17.8. The van der Waals surface area contributed by atoms with Gasteiger partial charge in [-0.1, -0.05) is 0 Å². The van der Waals surface area contributed by atoms with Gasteiger partial charge in [0.05, 0.1) is 25.5 Å². The first kappa shape index (κ1) is 20.6. The van der Waals surface area contributed by atoms with Crippen molar-refractivity contribution in [1.82, 2.24) is 29.4 Å². The molecule has 0 radical (unpaired) electrons. The molecule has 1 N–H and O–H groups in total. The summed E-state index contributed by atoms with van der Waals surface area (Å²) in [7, 11) is 1.57. The summed E-state index contributed by atoms with van der Waals surface area (Å²) in [4.78, 5) is 8.84. The van der Waals surface area contributed by atoms with Crippen molar-refractivity contribution in [3.63, 3.8) is 0 Å². The van der Waals surface area contributed by atoms with Gasteiger partial charge in [0.1, 0.15) is 23.1 Å². The number of anilines is 1. The Labute approximate surface area is 187 Å². The van der Waals surface area contributed by atoms with Gasteiger partial charge in [-0.05, 0) is 37.3 Å². The average Bonchev–Trinajstić information content (AvgIpc) is 3.47. The van der Waals surface area contributed by atoms with Crippen molar-refractivity contribution >= 4 is 11.5 Å². The predicted molar refractivity (Wildman–Crippen MR) is 118 cm³/mol. The minimum atomic E-state index is -0.499. The lowest BCUT2D eigenvalue weighted by molar-refractivity contribution is 0.398. The fourth-order valence-electron chi connectivity index (χ4n) is 3.52. The Morgan fingerprint density at radius 2 is 1.88 bits per heavy atom. The van der Waals surface area contributed by atoms with Gasteiger partial charge in [-0.25, -0.2) is 27.9 Å². The molecule has 166 valence electrons. The van der Waals surface area contributed by atoms with Crippen LogP contribution in [0.4, 0.5) is 14.6 Å². The number of aromatic nitrogens is 6. The minimum Gasteiger partial charge on any atom is -0.481 e. The predicted octanol–water partition coefficient (Wildman–Crippen LogP) is 4.44. The van der Waals surface area contributed by atoms with Crippen LogP contribution in [0, 0.1) is 11.6 Å². The molecule has 0 aliphatic carbocycles. The van der Waals surface area contributed by atoms with E-state index in [0.29, 0.717) is 23.0 Å². The van der Waals surface area contributed by atoms with E-state index in [4.69, 9.17) is 4.74 Å². The summed E-state index contributed by atoms with van der Waals surface area (Å²) in [5.74, 6) is 0.0418. The van der Waals surface area contributed by atoms with E-state index >= 15 is 0 Å². The zero-order valence-electron chi connectivity index (χ0n) is 17.8. The summed E-state index contributed by atoms with van der Waals surface area (Å²) in [6.07, 6.45) is 8.69.